The van der Waals surface area contributed by atoms with E-state index < -0.39 is 17.5 Å². The molecule has 0 saturated carbocycles. The number of nitrogens with zero attached hydrogens (tertiary/aromatic N) is 1. The summed E-state index contributed by atoms with van der Waals surface area (Å²) in [6, 6.07) is 10.8. The molecule has 1 aliphatic rings. The molecule has 2 N–H and O–H groups in total. The first-order valence-corrected chi connectivity index (χ1v) is 8.52. The van der Waals surface area contributed by atoms with Crippen LogP contribution in [0.1, 0.15) is 40.2 Å². The molecule has 1 saturated heterocycles. The Labute approximate surface area is 150 Å². The van der Waals surface area contributed by atoms with Crippen molar-refractivity contribution < 1.29 is 24.2 Å². The van der Waals surface area contributed by atoms with Crippen molar-refractivity contribution in [2.75, 3.05) is 13.1 Å². The molecule has 0 bridgehead atoms. The minimum Gasteiger partial charge on any atom is -0.505 e. The second-order valence-corrected chi connectivity index (χ2v) is 6.57. The number of rotatable bonds is 4. The summed E-state index contributed by atoms with van der Waals surface area (Å²) in [7, 11) is 0. The van der Waals surface area contributed by atoms with Crippen LogP contribution in [0.15, 0.2) is 42.5 Å². The number of benzene rings is 2. The van der Waals surface area contributed by atoms with Crippen LogP contribution in [0.5, 0.6) is 5.75 Å². The van der Waals surface area contributed by atoms with Crippen LogP contribution >= 0.6 is 0 Å². The molecule has 0 radical (unpaired) electrons. The fourth-order valence-corrected chi connectivity index (χ4v) is 3.35. The van der Waals surface area contributed by atoms with Crippen LogP contribution in [0.4, 0.5) is 4.39 Å². The molecule has 3 rings (SSSR count). The molecule has 0 aromatic heterocycles. The van der Waals surface area contributed by atoms with Gasteiger partial charge in [-0.3, -0.25) is 4.79 Å². The standard InChI is InChI=1S/C20H20FNO4/c21-17-9-13(6-7-18(17)23)10-19(24)22-8-2-5-16(12-22)14-3-1-4-15(11-14)20(25)26/h1,3-4,6-7,9,11,16,23H,2,5,8,10,12H2,(H,25,26). The van der Waals surface area contributed by atoms with Crippen molar-refractivity contribution in [1.29, 1.82) is 0 Å². The molecule has 1 aliphatic heterocycles. The Morgan fingerprint density at radius 3 is 2.73 bits per heavy atom. The normalized spacial score (nSPS) is 17.1. The van der Waals surface area contributed by atoms with E-state index in [0.717, 1.165) is 18.4 Å². The summed E-state index contributed by atoms with van der Waals surface area (Å²) in [6.45, 7) is 1.15. The van der Waals surface area contributed by atoms with Gasteiger partial charge in [0.2, 0.25) is 5.91 Å². The summed E-state index contributed by atoms with van der Waals surface area (Å²) in [5.74, 6) is -2.16. The first-order chi connectivity index (χ1) is 12.4. The average Bonchev–Trinajstić information content (AvgIpc) is 2.65. The molecule has 0 aliphatic carbocycles. The molecule has 136 valence electrons. The first kappa shape index (κ1) is 17.9. The first-order valence-electron chi connectivity index (χ1n) is 8.52. The topological polar surface area (TPSA) is 77.8 Å². The Balaban J connectivity index is 1.69. The number of likely N-dealkylation sites (tertiary alicyclic amines) is 1. The van der Waals surface area contributed by atoms with Gasteiger partial charge in [0.05, 0.1) is 12.0 Å². The molecule has 2 aromatic carbocycles. The predicted octanol–water partition coefficient (Wildman–Crippen LogP) is 3.18. The van der Waals surface area contributed by atoms with Gasteiger partial charge in [0.15, 0.2) is 11.6 Å². The summed E-state index contributed by atoms with van der Waals surface area (Å²) >= 11 is 0. The third-order valence-corrected chi connectivity index (χ3v) is 4.75. The van der Waals surface area contributed by atoms with Gasteiger partial charge < -0.3 is 15.1 Å². The molecule has 5 nitrogen and oxygen atoms in total. The third-order valence-electron chi connectivity index (χ3n) is 4.75. The molecule has 2 aromatic rings. The number of phenols is 1. The highest BCUT2D eigenvalue weighted by Crippen LogP contribution is 2.28. The molecule has 6 heteroatoms. The number of hydrogen-bond acceptors (Lipinski definition) is 3. The minimum atomic E-state index is -0.968. The van der Waals surface area contributed by atoms with Crippen LogP contribution in [0, 0.1) is 5.82 Å². The smallest absolute Gasteiger partial charge is 0.335 e. The Morgan fingerprint density at radius 2 is 2.00 bits per heavy atom. The van der Waals surface area contributed by atoms with Crippen molar-refractivity contribution in [3.63, 3.8) is 0 Å². The van der Waals surface area contributed by atoms with Crippen LogP contribution in [0.25, 0.3) is 0 Å². The zero-order chi connectivity index (χ0) is 18.7. The zero-order valence-corrected chi connectivity index (χ0v) is 14.2. The Bertz CT molecular complexity index is 836. The Morgan fingerprint density at radius 1 is 1.19 bits per heavy atom. The van der Waals surface area contributed by atoms with Gasteiger partial charge in [-0.2, -0.15) is 0 Å². The van der Waals surface area contributed by atoms with Gasteiger partial charge in [-0.1, -0.05) is 18.2 Å². The van der Waals surface area contributed by atoms with Crippen LogP contribution < -0.4 is 0 Å². The number of aromatic carboxylic acids is 1. The van der Waals surface area contributed by atoms with Crippen molar-refractivity contribution in [3.8, 4) is 5.75 Å². The predicted molar refractivity (Wildman–Crippen MR) is 93.7 cm³/mol. The lowest BCUT2D eigenvalue weighted by Crippen LogP contribution is -2.40. The van der Waals surface area contributed by atoms with Gasteiger partial charge >= 0.3 is 5.97 Å². The highest BCUT2D eigenvalue weighted by Gasteiger charge is 2.25. The summed E-state index contributed by atoms with van der Waals surface area (Å²) in [5, 5.41) is 18.4. The summed E-state index contributed by atoms with van der Waals surface area (Å²) in [5.41, 5.74) is 1.67. The third kappa shape index (κ3) is 4.02. The molecule has 1 fully saturated rings. The second kappa shape index (κ2) is 7.56. The average molecular weight is 357 g/mol. The fraction of sp³-hybridized carbons (Fsp3) is 0.300. The van der Waals surface area contributed by atoms with Crippen molar-refractivity contribution >= 4 is 11.9 Å². The molecule has 26 heavy (non-hydrogen) atoms. The largest absolute Gasteiger partial charge is 0.505 e. The number of carboxylic acid groups (broad SMARTS) is 1. The van der Waals surface area contributed by atoms with E-state index in [1.807, 2.05) is 6.07 Å². The van der Waals surface area contributed by atoms with Gasteiger partial charge in [0.25, 0.3) is 0 Å². The number of phenolic OH excluding ortho intramolecular Hbond substituents is 1. The zero-order valence-electron chi connectivity index (χ0n) is 14.2. The molecule has 0 spiro atoms. The summed E-state index contributed by atoms with van der Waals surface area (Å²) in [4.78, 5) is 25.5. The van der Waals surface area contributed by atoms with Crippen LogP contribution in [0.2, 0.25) is 0 Å². The maximum absolute atomic E-state index is 13.4. The lowest BCUT2D eigenvalue weighted by Gasteiger charge is -2.33. The van der Waals surface area contributed by atoms with E-state index in [0.29, 0.717) is 18.7 Å². The van der Waals surface area contributed by atoms with E-state index in [1.54, 1.807) is 23.1 Å². The van der Waals surface area contributed by atoms with Gasteiger partial charge in [0.1, 0.15) is 0 Å². The number of hydrogen-bond donors (Lipinski definition) is 2. The van der Waals surface area contributed by atoms with Crippen molar-refractivity contribution in [1.82, 2.24) is 4.90 Å². The van der Waals surface area contributed by atoms with E-state index in [9.17, 15) is 19.1 Å². The van der Waals surface area contributed by atoms with Crippen LogP contribution in [0.3, 0.4) is 0 Å². The quantitative estimate of drug-likeness (QED) is 0.881. The van der Waals surface area contributed by atoms with E-state index in [1.165, 1.54) is 18.2 Å². The number of carbonyl (C=O) groups excluding carboxylic acids is 1. The maximum Gasteiger partial charge on any atom is 0.335 e. The number of carboxylic acids is 1. The van der Waals surface area contributed by atoms with Crippen molar-refractivity contribution in [2.24, 2.45) is 0 Å². The van der Waals surface area contributed by atoms with Gasteiger partial charge in [-0.25, -0.2) is 9.18 Å². The Hall–Kier alpha value is -2.89. The minimum absolute atomic E-state index is 0.0685. The molecule has 1 amide bonds. The number of aromatic hydroxyl groups is 1. The number of piperidine rings is 1. The van der Waals surface area contributed by atoms with Crippen LogP contribution in [-0.2, 0) is 11.2 Å². The fourth-order valence-electron chi connectivity index (χ4n) is 3.35. The highest BCUT2D eigenvalue weighted by molar-refractivity contribution is 5.87. The van der Waals surface area contributed by atoms with Gasteiger partial charge in [-0.05, 0) is 48.2 Å². The lowest BCUT2D eigenvalue weighted by molar-refractivity contribution is -0.131. The van der Waals surface area contributed by atoms with E-state index in [-0.39, 0.29) is 23.8 Å². The highest BCUT2D eigenvalue weighted by atomic mass is 19.1. The molecule has 1 heterocycles. The number of carbonyl (C=O) groups is 2. The molecule has 1 unspecified atom stereocenters. The van der Waals surface area contributed by atoms with Gasteiger partial charge in [0, 0.05) is 19.0 Å². The molecular formula is C20H20FNO4. The lowest BCUT2D eigenvalue weighted by atomic mass is 9.89. The molecular weight excluding hydrogens is 337 g/mol. The van der Waals surface area contributed by atoms with E-state index >= 15 is 0 Å². The Kier molecular flexibility index (Phi) is 5.21. The van der Waals surface area contributed by atoms with Crippen molar-refractivity contribution in [2.45, 2.75) is 25.2 Å². The van der Waals surface area contributed by atoms with Gasteiger partial charge in [-0.15, -0.1) is 0 Å². The summed E-state index contributed by atoms with van der Waals surface area (Å²) in [6.07, 6.45) is 1.79. The SMILES string of the molecule is O=C(O)c1cccc(C2CCCN(C(=O)Cc3ccc(O)c(F)c3)C2)c1. The monoisotopic (exact) mass is 357 g/mol. The van der Waals surface area contributed by atoms with Crippen LogP contribution in [-0.4, -0.2) is 40.1 Å². The number of amides is 1. The maximum atomic E-state index is 13.4. The molecule has 1 atom stereocenters. The van der Waals surface area contributed by atoms with E-state index in [4.69, 9.17) is 5.11 Å². The number of halogens is 1. The second-order valence-electron chi connectivity index (χ2n) is 6.57. The van der Waals surface area contributed by atoms with Crippen molar-refractivity contribution in [3.05, 3.63) is 65.0 Å². The van der Waals surface area contributed by atoms with E-state index in [2.05, 4.69) is 0 Å². The summed E-state index contributed by atoms with van der Waals surface area (Å²) < 4.78 is 13.4.